The number of hydrogen-bond donors (Lipinski definition) is 16. The van der Waals surface area contributed by atoms with Gasteiger partial charge < -0.3 is 24.8 Å². The first-order valence-electron chi connectivity index (χ1n) is 21.0. The Hall–Kier alpha value is -1.48. The lowest BCUT2D eigenvalue weighted by molar-refractivity contribution is -0.141. The highest BCUT2D eigenvalue weighted by Crippen LogP contribution is 2.16. The topological polar surface area (TPSA) is 386 Å². The molecular formula is C34H85N15O9S2-2. The molecule has 0 aromatic rings. The number of carboxylic acid groups (broad SMARTS) is 2. The zero-order valence-corrected chi connectivity index (χ0v) is 37.9. The van der Waals surface area contributed by atoms with Crippen molar-refractivity contribution in [2.75, 3.05) is 59.4 Å². The lowest BCUT2D eigenvalue weighted by atomic mass is 10.0. The molecule has 0 aromatic carbocycles. The molecule has 0 spiro atoms. The van der Waals surface area contributed by atoms with E-state index in [2.05, 4.69) is 82.7 Å². The van der Waals surface area contributed by atoms with E-state index in [1.54, 1.807) is 0 Å². The van der Waals surface area contributed by atoms with Gasteiger partial charge in [-0.1, -0.05) is 116 Å². The minimum absolute atomic E-state index is 0. The Morgan fingerprint density at radius 2 is 0.850 bits per heavy atom. The van der Waals surface area contributed by atoms with Gasteiger partial charge in [0.1, 0.15) is 6.04 Å². The van der Waals surface area contributed by atoms with Gasteiger partial charge in [0.15, 0.2) is 0 Å². The number of nitrogens with zero attached hydrogens (tertiary/aromatic N) is 1. The summed E-state index contributed by atoms with van der Waals surface area (Å²) >= 11 is -4.72. The molecule has 3 aliphatic carbocycles. The quantitative estimate of drug-likeness (QED) is 0.103. The van der Waals surface area contributed by atoms with Crippen LogP contribution in [0.3, 0.4) is 0 Å². The van der Waals surface area contributed by atoms with Gasteiger partial charge >= 0.3 is 5.97 Å². The van der Waals surface area contributed by atoms with Gasteiger partial charge in [-0.15, -0.1) is 0 Å². The fraction of sp³-hybridized carbons (Fsp3) is 0.941. The molecule has 3 saturated carbocycles. The Labute approximate surface area is 364 Å². The third kappa shape index (κ3) is 63.2. The molecule has 8 fully saturated rings. The fourth-order valence-corrected chi connectivity index (χ4v) is 5.77. The van der Waals surface area contributed by atoms with Gasteiger partial charge in [-0.25, -0.2) is 43.4 Å². The maximum absolute atomic E-state index is 10.4. The van der Waals surface area contributed by atoms with Gasteiger partial charge in [0.2, 0.25) is 0 Å². The molecule has 0 aromatic heterocycles. The molecule has 8 rings (SSSR count). The van der Waals surface area contributed by atoms with Gasteiger partial charge in [-0.3, -0.25) is 33.2 Å². The van der Waals surface area contributed by atoms with Gasteiger partial charge in [-0.05, 0) is 33.4 Å². The van der Waals surface area contributed by atoms with Crippen LogP contribution in [-0.2, 0) is 32.1 Å². The SMILES string of the molecule is C1CCCCC1.C1CCCCC1.C1CCCCC1.C1CNNN1.C1CNNN1.C1CNNN1.CC1CNNN1.CN1CCC[C@H]1C(=O)O.NS(=O)[O-].NS(=O)[O-].O.O=CO. The number of carboxylic acids is 1. The number of carbonyl (C=O) groups is 2. The van der Waals surface area contributed by atoms with E-state index in [1.807, 2.05) is 11.9 Å². The third-order valence-corrected chi connectivity index (χ3v) is 8.78. The highest BCUT2D eigenvalue weighted by Gasteiger charge is 2.26. The maximum atomic E-state index is 10.4. The van der Waals surface area contributed by atoms with E-state index >= 15 is 0 Å². The molecular weight excluding hydrogens is 827 g/mol. The summed E-state index contributed by atoms with van der Waals surface area (Å²) in [7, 11) is 1.85. The van der Waals surface area contributed by atoms with Crippen molar-refractivity contribution in [1.29, 1.82) is 0 Å². The van der Waals surface area contributed by atoms with Crippen LogP contribution in [0.1, 0.15) is 135 Å². The van der Waals surface area contributed by atoms with Crippen molar-refractivity contribution < 1.29 is 42.8 Å². The van der Waals surface area contributed by atoms with E-state index in [0.29, 0.717) is 6.04 Å². The minimum atomic E-state index is -2.36. The van der Waals surface area contributed by atoms with Gasteiger partial charge in [0, 0.05) is 74.4 Å². The smallest absolute Gasteiger partial charge is 0.320 e. The Morgan fingerprint density at radius 1 is 0.600 bits per heavy atom. The van der Waals surface area contributed by atoms with Crippen molar-refractivity contribution >= 4 is 35.0 Å². The summed E-state index contributed by atoms with van der Waals surface area (Å²) in [6.45, 7) is 9.96. The van der Waals surface area contributed by atoms with Crippen molar-refractivity contribution in [3.8, 4) is 0 Å². The van der Waals surface area contributed by atoms with E-state index in [0.717, 1.165) is 65.2 Å². The Bertz CT molecular complexity index is 777. The monoisotopic (exact) mass is 912 g/mol. The average molecular weight is 912 g/mol. The van der Waals surface area contributed by atoms with Gasteiger partial charge in [0.05, 0.1) is 0 Å². The molecule has 0 bridgehead atoms. The zero-order chi connectivity index (χ0) is 44.5. The summed E-state index contributed by atoms with van der Waals surface area (Å²) < 4.78 is 35.1. The normalized spacial score (nSPS) is 23.2. The summed E-state index contributed by atoms with van der Waals surface area (Å²) in [6.07, 6.45) is 28.8. The van der Waals surface area contributed by atoms with Crippen molar-refractivity contribution in [3.05, 3.63) is 0 Å². The molecule has 5 saturated heterocycles. The highest BCUT2D eigenvalue weighted by atomic mass is 32.2. The Balaban J connectivity index is -0.000000290. The predicted molar refractivity (Wildman–Crippen MR) is 236 cm³/mol. The summed E-state index contributed by atoms with van der Waals surface area (Å²) in [5.74, 6) is -0.685. The van der Waals surface area contributed by atoms with E-state index in [4.69, 9.17) is 32.5 Å². The second-order valence-corrected chi connectivity index (χ2v) is 15.0. The standard InChI is InChI=1S/C6H11NO2.3C6H12.C3H9N3.3C2H7N3.CH2O2.2H3NO2S.H2O/c1-7-4-2-3-5(7)6(8)9;3*1-2-4-6-5-3-1;1-3-2-4-6-5-3;3*1-2-4-5-3-1;2-1-3;2*1-4(2)3;/h5H,2-4H2,1H3,(H,8,9);3*1-6H2;3-6H,2H2,1H3;3*3-5H,1-2H2;1H,(H,2,3);2*1H2,(H,2,3);1H2/p-2/t5-;;;;;;;;;;;/m0.........../s1. The van der Waals surface area contributed by atoms with E-state index in [-0.39, 0.29) is 18.0 Å². The van der Waals surface area contributed by atoms with E-state index < -0.39 is 28.5 Å². The summed E-state index contributed by atoms with van der Waals surface area (Å²) in [5.41, 5.74) is 34.0. The molecule has 26 heteroatoms. The molecule has 20 N–H and O–H groups in total. The van der Waals surface area contributed by atoms with Crippen LogP contribution in [0.2, 0.25) is 0 Å². The number of nitrogens with two attached hydrogens (primary N) is 2. The number of aliphatic carboxylic acids is 1. The molecule has 4 atom stereocenters. The molecule has 0 radical (unpaired) electrons. The molecule has 5 heterocycles. The van der Waals surface area contributed by atoms with Crippen LogP contribution in [0.5, 0.6) is 0 Å². The zero-order valence-electron chi connectivity index (χ0n) is 36.3. The van der Waals surface area contributed by atoms with E-state index in [1.165, 1.54) is 116 Å². The van der Waals surface area contributed by atoms with Crippen LogP contribution in [0, 0.1) is 0 Å². The first kappa shape index (κ1) is 65.1. The van der Waals surface area contributed by atoms with Crippen molar-refractivity contribution in [2.45, 2.75) is 147 Å². The molecule has 8 aliphatic rings. The van der Waals surface area contributed by atoms with E-state index in [9.17, 15) is 4.79 Å². The number of likely N-dealkylation sites (N-methyl/N-ethyl adjacent to an activating group) is 1. The summed E-state index contributed by atoms with van der Waals surface area (Å²) in [5, 5.41) is 23.5. The van der Waals surface area contributed by atoms with Gasteiger partial charge in [-0.2, -0.15) is 22.1 Å². The second-order valence-electron chi connectivity index (χ2n) is 14.0. The number of nitrogens with one attached hydrogen (secondary N) is 12. The Kier molecular flexibility index (Phi) is 60.3. The van der Waals surface area contributed by atoms with Crippen LogP contribution in [0.25, 0.3) is 0 Å². The minimum Gasteiger partial charge on any atom is -0.760 e. The predicted octanol–water partition coefficient (Wildman–Crippen LogP) is -1.67. The maximum Gasteiger partial charge on any atom is 0.320 e. The molecule has 5 aliphatic heterocycles. The van der Waals surface area contributed by atoms with Crippen LogP contribution in [0.15, 0.2) is 0 Å². The first-order valence-corrected chi connectivity index (χ1v) is 23.3. The number of hydrazine groups is 8. The second kappa shape index (κ2) is 55.5. The van der Waals surface area contributed by atoms with Gasteiger partial charge in [0.25, 0.3) is 6.47 Å². The summed E-state index contributed by atoms with van der Waals surface area (Å²) in [4.78, 5) is 20.6. The lowest BCUT2D eigenvalue weighted by Crippen LogP contribution is -2.32. The highest BCUT2D eigenvalue weighted by molar-refractivity contribution is 7.76. The number of hydrogen-bond acceptors (Lipinski definition) is 19. The fourth-order valence-electron chi connectivity index (χ4n) is 5.77. The van der Waals surface area contributed by atoms with Crippen LogP contribution in [0.4, 0.5) is 0 Å². The molecule has 60 heavy (non-hydrogen) atoms. The molecule has 24 nitrogen and oxygen atoms in total. The van der Waals surface area contributed by atoms with Crippen LogP contribution >= 0.6 is 0 Å². The van der Waals surface area contributed by atoms with Crippen molar-refractivity contribution in [1.82, 2.24) is 70.4 Å². The third-order valence-electron chi connectivity index (χ3n) is 8.78. The Morgan fingerprint density at radius 3 is 0.933 bits per heavy atom. The largest absolute Gasteiger partial charge is 0.760 e. The first-order chi connectivity index (χ1) is 28.5. The molecule has 3 unspecified atom stereocenters. The van der Waals surface area contributed by atoms with Crippen molar-refractivity contribution in [3.63, 3.8) is 0 Å². The van der Waals surface area contributed by atoms with Crippen molar-refractivity contribution in [2.24, 2.45) is 10.3 Å². The number of likely N-dealkylation sites (tertiary alicyclic amines) is 1. The average Bonchev–Trinajstić information content (AvgIpc) is 4.10. The molecule has 364 valence electrons. The molecule has 0 amide bonds. The van der Waals surface area contributed by atoms with Crippen LogP contribution < -0.4 is 75.8 Å². The number of rotatable bonds is 1. The summed E-state index contributed by atoms with van der Waals surface area (Å²) in [6, 6.07) is 0.356. The van der Waals surface area contributed by atoms with Crippen LogP contribution in [-0.4, -0.2) is 122 Å². The lowest BCUT2D eigenvalue weighted by Gasteiger charge is -2.13.